The van der Waals surface area contributed by atoms with Gasteiger partial charge in [-0.1, -0.05) is 25.1 Å². The summed E-state index contributed by atoms with van der Waals surface area (Å²) in [5.74, 6) is 0. The molecule has 0 amide bonds. The van der Waals surface area contributed by atoms with Gasteiger partial charge in [0.05, 0.1) is 5.37 Å². The highest BCUT2D eigenvalue weighted by molar-refractivity contribution is 8.00. The molecule has 0 saturated carbocycles. The Kier molecular flexibility index (Phi) is 3.46. The van der Waals surface area contributed by atoms with Crippen LogP contribution in [0.2, 0.25) is 0 Å². The van der Waals surface area contributed by atoms with Crippen LogP contribution in [0.4, 0.5) is 0 Å². The van der Waals surface area contributed by atoms with E-state index in [-0.39, 0.29) is 5.37 Å². The van der Waals surface area contributed by atoms with Crippen molar-refractivity contribution >= 4 is 11.8 Å². The molecule has 0 aliphatic rings. The topological polar surface area (TPSA) is 26.0 Å². The molecule has 1 atom stereocenters. The van der Waals surface area contributed by atoms with Crippen molar-refractivity contribution in [2.45, 2.75) is 17.2 Å². The van der Waals surface area contributed by atoms with Gasteiger partial charge in [0.2, 0.25) is 0 Å². The van der Waals surface area contributed by atoms with Crippen LogP contribution in [-0.2, 0) is 0 Å². The van der Waals surface area contributed by atoms with Gasteiger partial charge in [-0.05, 0) is 18.6 Å². The second-order valence-electron chi connectivity index (χ2n) is 2.23. The lowest BCUT2D eigenvalue weighted by molar-refractivity contribution is 1.05. The van der Waals surface area contributed by atoms with Gasteiger partial charge in [0.25, 0.3) is 0 Å². The minimum atomic E-state index is 0.109. The molecule has 0 saturated heterocycles. The van der Waals surface area contributed by atoms with Gasteiger partial charge in [0, 0.05) is 4.90 Å². The SMILES string of the molecule is C[CH][C@H](N)Sc1ccccc1. The molecule has 1 aromatic rings. The van der Waals surface area contributed by atoms with E-state index in [9.17, 15) is 0 Å². The molecular weight excluding hydrogens is 154 g/mol. The lowest BCUT2D eigenvalue weighted by atomic mass is 10.4. The van der Waals surface area contributed by atoms with Crippen LogP contribution in [0.1, 0.15) is 6.92 Å². The van der Waals surface area contributed by atoms with Crippen molar-refractivity contribution in [2.75, 3.05) is 0 Å². The van der Waals surface area contributed by atoms with E-state index < -0.39 is 0 Å². The minimum Gasteiger partial charge on any atom is -0.319 e. The summed E-state index contributed by atoms with van der Waals surface area (Å²) in [6, 6.07) is 10.2. The molecule has 0 aliphatic carbocycles. The molecular formula is C9H12NS. The van der Waals surface area contributed by atoms with Gasteiger partial charge in [0.15, 0.2) is 0 Å². The van der Waals surface area contributed by atoms with Crippen molar-refractivity contribution in [2.24, 2.45) is 5.73 Å². The summed E-state index contributed by atoms with van der Waals surface area (Å²) in [4.78, 5) is 1.22. The molecule has 2 heteroatoms. The Labute approximate surface area is 72.0 Å². The molecule has 2 N–H and O–H groups in total. The van der Waals surface area contributed by atoms with Crippen molar-refractivity contribution in [1.82, 2.24) is 0 Å². The van der Waals surface area contributed by atoms with Crippen molar-refractivity contribution in [3.63, 3.8) is 0 Å². The first-order valence-electron chi connectivity index (χ1n) is 3.59. The highest BCUT2D eigenvalue weighted by Crippen LogP contribution is 2.20. The zero-order valence-corrected chi connectivity index (χ0v) is 7.34. The summed E-state index contributed by atoms with van der Waals surface area (Å²) in [5, 5.41) is 0.109. The predicted molar refractivity (Wildman–Crippen MR) is 50.2 cm³/mol. The fraction of sp³-hybridized carbons (Fsp3) is 0.222. The average Bonchev–Trinajstić information content (AvgIpc) is 2.06. The van der Waals surface area contributed by atoms with Crippen LogP contribution >= 0.6 is 11.8 Å². The highest BCUT2D eigenvalue weighted by atomic mass is 32.2. The van der Waals surface area contributed by atoms with Gasteiger partial charge in [-0.3, -0.25) is 0 Å². The van der Waals surface area contributed by atoms with E-state index in [1.54, 1.807) is 11.8 Å². The van der Waals surface area contributed by atoms with Crippen LogP contribution in [-0.4, -0.2) is 5.37 Å². The van der Waals surface area contributed by atoms with E-state index in [1.807, 2.05) is 31.5 Å². The molecule has 0 fully saturated rings. The first kappa shape index (κ1) is 8.62. The number of hydrogen-bond acceptors (Lipinski definition) is 2. The third-order valence-corrected chi connectivity index (χ3v) is 2.43. The molecule has 1 aromatic carbocycles. The molecule has 59 valence electrons. The third kappa shape index (κ3) is 2.95. The quantitative estimate of drug-likeness (QED) is 0.550. The maximum absolute atomic E-state index is 5.71. The first-order valence-corrected chi connectivity index (χ1v) is 4.47. The second-order valence-corrected chi connectivity index (χ2v) is 3.48. The average molecular weight is 166 g/mol. The summed E-state index contributed by atoms with van der Waals surface area (Å²) >= 11 is 1.67. The Balaban J connectivity index is 2.51. The molecule has 1 nitrogen and oxygen atoms in total. The van der Waals surface area contributed by atoms with Crippen molar-refractivity contribution in [1.29, 1.82) is 0 Å². The maximum Gasteiger partial charge on any atom is 0.0583 e. The lowest BCUT2D eigenvalue weighted by Crippen LogP contribution is -2.13. The summed E-state index contributed by atoms with van der Waals surface area (Å²) < 4.78 is 0. The van der Waals surface area contributed by atoms with Gasteiger partial charge in [0.1, 0.15) is 0 Å². The van der Waals surface area contributed by atoms with Crippen molar-refractivity contribution in [3.05, 3.63) is 36.8 Å². The molecule has 1 radical (unpaired) electrons. The fourth-order valence-electron chi connectivity index (χ4n) is 0.724. The summed E-state index contributed by atoms with van der Waals surface area (Å²) in [6.45, 7) is 1.97. The van der Waals surface area contributed by atoms with E-state index in [0.717, 1.165) is 0 Å². The normalized spacial score (nSPS) is 12.9. The van der Waals surface area contributed by atoms with Crippen LogP contribution in [0.5, 0.6) is 0 Å². The van der Waals surface area contributed by atoms with Gasteiger partial charge in [-0.15, -0.1) is 11.8 Å². The number of rotatable bonds is 3. The zero-order valence-electron chi connectivity index (χ0n) is 6.53. The van der Waals surface area contributed by atoms with Crippen LogP contribution < -0.4 is 5.73 Å². The van der Waals surface area contributed by atoms with Crippen LogP contribution in [0, 0.1) is 6.42 Å². The summed E-state index contributed by atoms with van der Waals surface area (Å²) in [7, 11) is 0. The molecule has 0 unspecified atom stereocenters. The standard InChI is InChI=1S/C9H12NS/c1-2-9(10)11-8-6-4-3-5-7-8/h2-7,9H,10H2,1H3/t9-/m1/s1. The Bertz CT molecular complexity index is 198. The fourth-order valence-corrected chi connectivity index (χ4v) is 1.49. The van der Waals surface area contributed by atoms with E-state index in [0.29, 0.717) is 0 Å². The van der Waals surface area contributed by atoms with E-state index in [4.69, 9.17) is 5.73 Å². The predicted octanol–water partition coefficient (Wildman–Crippen LogP) is 2.29. The van der Waals surface area contributed by atoms with Crippen molar-refractivity contribution in [3.8, 4) is 0 Å². The molecule has 1 rings (SSSR count). The monoisotopic (exact) mass is 166 g/mol. The molecule has 0 heterocycles. The third-order valence-electron chi connectivity index (χ3n) is 1.34. The second kappa shape index (κ2) is 4.42. The lowest BCUT2D eigenvalue weighted by Gasteiger charge is -2.06. The molecule has 0 bridgehead atoms. The highest BCUT2D eigenvalue weighted by Gasteiger charge is 1.99. The Morgan fingerprint density at radius 1 is 1.36 bits per heavy atom. The Hall–Kier alpha value is -0.470. The van der Waals surface area contributed by atoms with Gasteiger partial charge in [-0.25, -0.2) is 0 Å². The van der Waals surface area contributed by atoms with Gasteiger partial charge in [-0.2, -0.15) is 0 Å². The molecule has 0 spiro atoms. The molecule has 11 heavy (non-hydrogen) atoms. The van der Waals surface area contributed by atoms with Crippen LogP contribution in [0.25, 0.3) is 0 Å². The Morgan fingerprint density at radius 2 is 2.00 bits per heavy atom. The van der Waals surface area contributed by atoms with E-state index in [2.05, 4.69) is 12.1 Å². The van der Waals surface area contributed by atoms with Gasteiger partial charge >= 0.3 is 0 Å². The van der Waals surface area contributed by atoms with Crippen LogP contribution in [0.15, 0.2) is 35.2 Å². The summed E-state index contributed by atoms with van der Waals surface area (Å²) in [5.41, 5.74) is 5.71. The number of benzene rings is 1. The Morgan fingerprint density at radius 3 is 2.55 bits per heavy atom. The van der Waals surface area contributed by atoms with E-state index in [1.165, 1.54) is 4.90 Å². The minimum absolute atomic E-state index is 0.109. The molecule has 0 aliphatic heterocycles. The number of nitrogens with two attached hydrogens (primary N) is 1. The number of hydrogen-bond donors (Lipinski definition) is 1. The number of thioether (sulfide) groups is 1. The zero-order chi connectivity index (χ0) is 8.10. The van der Waals surface area contributed by atoms with E-state index >= 15 is 0 Å². The first-order chi connectivity index (χ1) is 5.33. The molecule has 0 aromatic heterocycles. The van der Waals surface area contributed by atoms with Crippen molar-refractivity contribution < 1.29 is 0 Å². The largest absolute Gasteiger partial charge is 0.319 e. The van der Waals surface area contributed by atoms with Crippen LogP contribution in [0.3, 0.4) is 0 Å². The summed E-state index contributed by atoms with van der Waals surface area (Å²) in [6.07, 6.45) is 1.98. The smallest absolute Gasteiger partial charge is 0.0583 e. The maximum atomic E-state index is 5.71. The van der Waals surface area contributed by atoms with Gasteiger partial charge < -0.3 is 5.73 Å².